The van der Waals surface area contributed by atoms with Crippen molar-refractivity contribution in [2.45, 2.75) is 13.2 Å². The molecule has 4 aromatic rings. The first kappa shape index (κ1) is 26.4. The molecule has 198 valence electrons. The largest absolute Gasteiger partial charge is 0.500 e. The number of halogens is 2. The fourth-order valence-corrected chi connectivity index (χ4v) is 4.25. The number of hydrogen-bond donors (Lipinski definition) is 2. The Morgan fingerprint density at radius 3 is 2.59 bits per heavy atom. The number of aromatic nitrogens is 2. The molecule has 10 heteroatoms. The minimum Gasteiger partial charge on any atom is -0.500 e. The molecule has 1 saturated heterocycles. The molecule has 0 amide bonds. The maximum Gasteiger partial charge on any atom is 0.250 e. The highest BCUT2D eigenvalue weighted by Crippen LogP contribution is 2.38. The van der Waals surface area contributed by atoms with Crippen LogP contribution in [0.2, 0.25) is 5.02 Å². The van der Waals surface area contributed by atoms with E-state index in [-0.39, 0.29) is 23.1 Å². The van der Waals surface area contributed by atoms with Gasteiger partial charge in [-0.3, -0.25) is 4.90 Å². The van der Waals surface area contributed by atoms with E-state index in [1.165, 1.54) is 17.8 Å². The second-order valence-corrected chi connectivity index (χ2v) is 9.28. The minimum atomic E-state index is -0.365. The van der Waals surface area contributed by atoms with Crippen molar-refractivity contribution in [2.24, 2.45) is 0 Å². The van der Waals surface area contributed by atoms with Crippen molar-refractivity contribution in [1.29, 1.82) is 0 Å². The summed E-state index contributed by atoms with van der Waals surface area (Å²) in [7, 11) is 0. The fraction of sp³-hybridized carbons (Fsp3) is 0.207. The SMILES string of the molecule is [C-]#[N+]c1c(Nc2nc(Nc3ccc(CN4CCOCC4)cc3)ncc2Cl)cccc1OCc1ccccc1F. The predicted octanol–water partition coefficient (Wildman–Crippen LogP) is 6.72. The van der Waals surface area contributed by atoms with Gasteiger partial charge in [0, 0.05) is 36.6 Å². The van der Waals surface area contributed by atoms with E-state index in [1.54, 1.807) is 36.4 Å². The third-order valence-electron chi connectivity index (χ3n) is 6.17. The molecule has 2 N–H and O–H groups in total. The van der Waals surface area contributed by atoms with Crippen molar-refractivity contribution < 1.29 is 13.9 Å². The molecule has 0 bridgehead atoms. The van der Waals surface area contributed by atoms with Crippen LogP contribution in [-0.4, -0.2) is 41.2 Å². The van der Waals surface area contributed by atoms with Crippen LogP contribution in [0.4, 0.5) is 33.2 Å². The van der Waals surface area contributed by atoms with Gasteiger partial charge in [-0.05, 0) is 35.9 Å². The highest BCUT2D eigenvalue weighted by molar-refractivity contribution is 6.33. The molecular formula is C29H26ClFN6O2. The van der Waals surface area contributed by atoms with Crippen LogP contribution >= 0.6 is 11.6 Å². The van der Waals surface area contributed by atoms with Gasteiger partial charge in [-0.25, -0.2) is 14.2 Å². The van der Waals surface area contributed by atoms with Crippen molar-refractivity contribution in [3.05, 3.63) is 106 Å². The minimum absolute atomic E-state index is 0.00772. The lowest BCUT2D eigenvalue weighted by Gasteiger charge is -2.26. The first-order valence-electron chi connectivity index (χ1n) is 12.4. The molecular weight excluding hydrogens is 519 g/mol. The van der Waals surface area contributed by atoms with Crippen molar-refractivity contribution in [1.82, 2.24) is 14.9 Å². The number of anilines is 4. The first-order chi connectivity index (χ1) is 19.1. The van der Waals surface area contributed by atoms with E-state index < -0.39 is 0 Å². The van der Waals surface area contributed by atoms with E-state index in [2.05, 4.69) is 42.5 Å². The molecule has 0 aliphatic carbocycles. The van der Waals surface area contributed by atoms with Crippen molar-refractivity contribution in [3.63, 3.8) is 0 Å². The van der Waals surface area contributed by atoms with Crippen LogP contribution in [0.1, 0.15) is 11.1 Å². The number of para-hydroxylation sites is 1. The number of morpholine rings is 1. The van der Waals surface area contributed by atoms with Crippen molar-refractivity contribution in [3.8, 4) is 5.75 Å². The maximum atomic E-state index is 14.0. The van der Waals surface area contributed by atoms with Crippen LogP contribution < -0.4 is 15.4 Å². The average molecular weight is 545 g/mol. The number of hydrogen-bond acceptors (Lipinski definition) is 7. The lowest BCUT2D eigenvalue weighted by molar-refractivity contribution is 0.0342. The molecule has 2 heterocycles. The summed E-state index contributed by atoms with van der Waals surface area (Å²) in [6, 6.07) is 19.6. The predicted molar refractivity (Wildman–Crippen MR) is 150 cm³/mol. The third kappa shape index (κ3) is 6.81. The lowest BCUT2D eigenvalue weighted by Crippen LogP contribution is -2.35. The summed E-state index contributed by atoms with van der Waals surface area (Å²) in [5.74, 6) is 0.628. The van der Waals surface area contributed by atoms with Gasteiger partial charge in [0.25, 0.3) is 5.69 Å². The zero-order valence-corrected chi connectivity index (χ0v) is 21.8. The normalized spacial score (nSPS) is 13.5. The summed E-state index contributed by atoms with van der Waals surface area (Å²) >= 11 is 6.38. The van der Waals surface area contributed by atoms with Gasteiger partial charge in [-0.1, -0.05) is 48.0 Å². The van der Waals surface area contributed by atoms with Gasteiger partial charge in [0.05, 0.1) is 26.0 Å². The summed E-state index contributed by atoms with van der Waals surface area (Å²) in [5, 5.41) is 6.60. The van der Waals surface area contributed by atoms with Gasteiger partial charge in [0.1, 0.15) is 23.2 Å². The summed E-state index contributed by atoms with van der Waals surface area (Å²) in [5.41, 5.74) is 3.13. The van der Waals surface area contributed by atoms with Crippen LogP contribution in [-0.2, 0) is 17.9 Å². The molecule has 0 saturated carbocycles. The molecule has 0 spiro atoms. The van der Waals surface area contributed by atoms with E-state index in [1.807, 2.05) is 12.1 Å². The van der Waals surface area contributed by atoms with Crippen LogP contribution in [0.25, 0.3) is 4.85 Å². The average Bonchev–Trinajstić information content (AvgIpc) is 2.96. The van der Waals surface area contributed by atoms with E-state index in [0.29, 0.717) is 28.8 Å². The van der Waals surface area contributed by atoms with E-state index >= 15 is 0 Å². The first-order valence-corrected chi connectivity index (χ1v) is 12.8. The molecule has 8 nitrogen and oxygen atoms in total. The van der Waals surface area contributed by atoms with Gasteiger partial charge < -0.3 is 20.1 Å². The number of rotatable bonds is 9. The Morgan fingerprint density at radius 1 is 1.03 bits per heavy atom. The van der Waals surface area contributed by atoms with Crippen molar-refractivity contribution >= 4 is 40.4 Å². The van der Waals surface area contributed by atoms with E-state index in [9.17, 15) is 4.39 Å². The molecule has 5 rings (SSSR count). The lowest BCUT2D eigenvalue weighted by atomic mass is 10.2. The van der Waals surface area contributed by atoms with E-state index in [0.717, 1.165) is 38.5 Å². The molecule has 0 atom stereocenters. The Bertz CT molecular complexity index is 1470. The van der Waals surface area contributed by atoms with Gasteiger partial charge in [0.2, 0.25) is 5.95 Å². The zero-order chi connectivity index (χ0) is 27.0. The fourth-order valence-electron chi connectivity index (χ4n) is 4.11. The summed E-state index contributed by atoms with van der Waals surface area (Å²) in [6.07, 6.45) is 1.49. The van der Waals surface area contributed by atoms with Crippen molar-refractivity contribution in [2.75, 3.05) is 36.9 Å². The topological polar surface area (TPSA) is 75.9 Å². The third-order valence-corrected chi connectivity index (χ3v) is 6.45. The van der Waals surface area contributed by atoms with Gasteiger partial charge >= 0.3 is 0 Å². The molecule has 1 fully saturated rings. The number of benzene rings is 3. The molecule has 0 radical (unpaired) electrons. The van der Waals surface area contributed by atoms with Crippen LogP contribution in [0.5, 0.6) is 5.75 Å². The Hall–Kier alpha value is -4.23. The summed E-state index contributed by atoms with van der Waals surface area (Å²) in [6.45, 7) is 12.0. The Labute approximate surface area is 231 Å². The Balaban J connectivity index is 1.28. The molecule has 0 unspecified atom stereocenters. The second-order valence-electron chi connectivity index (χ2n) is 8.87. The van der Waals surface area contributed by atoms with Crippen LogP contribution in [0, 0.1) is 12.4 Å². The standard InChI is InChI=1S/C29H26ClFN6O2/c1-32-27-25(7-4-8-26(27)39-19-21-5-2-3-6-24(21)31)35-28-23(30)17-33-29(36-28)34-22-11-9-20(10-12-22)18-37-13-15-38-16-14-37/h2-12,17H,13-16,18-19H2,(H2,33,34,35,36). The monoisotopic (exact) mass is 544 g/mol. The van der Waals surface area contributed by atoms with Gasteiger partial charge in [0.15, 0.2) is 5.82 Å². The molecule has 1 aliphatic heterocycles. The molecule has 1 aliphatic rings. The number of nitrogens with zero attached hydrogens (tertiary/aromatic N) is 4. The summed E-state index contributed by atoms with van der Waals surface area (Å²) in [4.78, 5) is 14.8. The second kappa shape index (κ2) is 12.5. The van der Waals surface area contributed by atoms with Gasteiger partial charge in [-0.2, -0.15) is 4.98 Å². The Kier molecular flexibility index (Phi) is 8.48. The zero-order valence-electron chi connectivity index (χ0n) is 21.0. The van der Waals surface area contributed by atoms with Gasteiger partial charge in [-0.15, -0.1) is 0 Å². The Morgan fingerprint density at radius 2 is 1.82 bits per heavy atom. The maximum absolute atomic E-state index is 14.0. The van der Waals surface area contributed by atoms with Crippen LogP contribution in [0.3, 0.4) is 0 Å². The quantitative estimate of drug-likeness (QED) is 0.227. The highest BCUT2D eigenvalue weighted by Gasteiger charge is 2.15. The summed E-state index contributed by atoms with van der Waals surface area (Å²) < 4.78 is 25.2. The molecule has 39 heavy (non-hydrogen) atoms. The number of ether oxygens (including phenoxy) is 2. The smallest absolute Gasteiger partial charge is 0.250 e. The van der Waals surface area contributed by atoms with E-state index in [4.69, 9.17) is 27.6 Å². The van der Waals surface area contributed by atoms with Crippen LogP contribution in [0.15, 0.2) is 72.9 Å². The molecule has 3 aromatic carbocycles. The highest BCUT2D eigenvalue weighted by atomic mass is 35.5. The number of nitrogens with one attached hydrogen (secondary N) is 2. The molecule has 1 aromatic heterocycles.